The number of amides is 2. The number of pyridine rings is 1. The van der Waals surface area contributed by atoms with E-state index in [1.54, 1.807) is 48.8 Å². The number of anilines is 1. The van der Waals surface area contributed by atoms with Crippen molar-refractivity contribution >= 4 is 17.5 Å². The molecule has 0 aliphatic carbocycles. The number of halogens is 1. The smallest absolute Gasteiger partial charge is 0.253 e. The van der Waals surface area contributed by atoms with Crippen molar-refractivity contribution in [2.24, 2.45) is 5.92 Å². The zero-order valence-corrected chi connectivity index (χ0v) is 18.3. The van der Waals surface area contributed by atoms with Crippen molar-refractivity contribution in [3.63, 3.8) is 0 Å². The summed E-state index contributed by atoms with van der Waals surface area (Å²) in [6.07, 6.45) is 4.87. The zero-order chi connectivity index (χ0) is 23.0. The lowest BCUT2D eigenvalue weighted by atomic mass is 9.95. The Balaban J connectivity index is 1.30. The van der Waals surface area contributed by atoms with Crippen LogP contribution in [0.15, 0.2) is 73.1 Å². The molecule has 0 unspecified atom stereocenters. The topological polar surface area (TPSA) is 74.3 Å². The Kier molecular flexibility index (Phi) is 7.42. The van der Waals surface area contributed by atoms with Gasteiger partial charge in [-0.25, -0.2) is 4.39 Å². The molecule has 0 spiro atoms. The van der Waals surface area contributed by atoms with Crippen molar-refractivity contribution in [2.45, 2.75) is 25.9 Å². The first-order valence-electron chi connectivity index (χ1n) is 11.1. The molecule has 1 aromatic heterocycles. The maximum Gasteiger partial charge on any atom is 0.253 e. The molecule has 6 nitrogen and oxygen atoms in total. The van der Waals surface area contributed by atoms with E-state index in [0.717, 1.165) is 43.6 Å². The highest BCUT2D eigenvalue weighted by atomic mass is 19.1. The standard InChI is InChI=1S/C26H27FN4O2/c27-22-9-7-19(8-10-22)18-31-14-11-21(12-15-31)25(32)30-24-6-2-1-5-23(24)26(33)29-17-20-4-3-13-28-16-20/h1-10,13,16,21H,11-12,14-15,17-18H2,(H,29,33)(H,30,32). The number of carbonyl (C=O) groups is 2. The van der Waals surface area contributed by atoms with E-state index >= 15 is 0 Å². The minimum Gasteiger partial charge on any atom is -0.348 e. The van der Waals surface area contributed by atoms with Gasteiger partial charge in [0.1, 0.15) is 5.82 Å². The van der Waals surface area contributed by atoms with Gasteiger partial charge in [-0.1, -0.05) is 30.3 Å². The second kappa shape index (κ2) is 10.8. The number of hydrogen-bond donors (Lipinski definition) is 2. The summed E-state index contributed by atoms with van der Waals surface area (Å²) in [5.41, 5.74) is 2.91. The van der Waals surface area contributed by atoms with Gasteiger partial charge >= 0.3 is 0 Å². The number of nitrogens with one attached hydrogen (secondary N) is 2. The van der Waals surface area contributed by atoms with Crippen LogP contribution < -0.4 is 10.6 Å². The lowest BCUT2D eigenvalue weighted by Gasteiger charge is -2.31. The van der Waals surface area contributed by atoms with Gasteiger partial charge in [-0.3, -0.25) is 19.5 Å². The molecule has 3 aromatic rings. The minimum atomic E-state index is -0.246. The van der Waals surface area contributed by atoms with E-state index in [4.69, 9.17) is 0 Å². The van der Waals surface area contributed by atoms with Crippen LogP contribution in [0.5, 0.6) is 0 Å². The molecule has 2 heterocycles. The molecule has 1 saturated heterocycles. The summed E-state index contributed by atoms with van der Waals surface area (Å²) in [4.78, 5) is 32.0. The molecule has 2 N–H and O–H groups in total. The second-order valence-electron chi connectivity index (χ2n) is 8.26. The Hall–Kier alpha value is -3.58. The fourth-order valence-electron chi connectivity index (χ4n) is 4.01. The molecule has 2 aromatic carbocycles. The third-order valence-corrected chi connectivity index (χ3v) is 5.88. The van der Waals surface area contributed by atoms with Crippen molar-refractivity contribution in [1.29, 1.82) is 0 Å². The van der Waals surface area contributed by atoms with Crippen LogP contribution in [0, 0.1) is 11.7 Å². The van der Waals surface area contributed by atoms with Gasteiger partial charge in [0.25, 0.3) is 5.91 Å². The zero-order valence-electron chi connectivity index (χ0n) is 18.3. The number of rotatable bonds is 7. The summed E-state index contributed by atoms with van der Waals surface area (Å²) < 4.78 is 13.1. The largest absolute Gasteiger partial charge is 0.348 e. The Labute approximate surface area is 192 Å². The number of nitrogens with zero attached hydrogens (tertiary/aromatic N) is 2. The number of likely N-dealkylation sites (tertiary alicyclic amines) is 1. The molecule has 1 aliphatic heterocycles. The van der Waals surface area contributed by atoms with E-state index in [2.05, 4.69) is 20.5 Å². The predicted molar refractivity (Wildman–Crippen MR) is 125 cm³/mol. The molecule has 170 valence electrons. The molecule has 0 saturated carbocycles. The van der Waals surface area contributed by atoms with Crippen LogP contribution in [-0.4, -0.2) is 34.8 Å². The fourth-order valence-corrected chi connectivity index (χ4v) is 4.01. The van der Waals surface area contributed by atoms with Gasteiger partial charge in [-0.2, -0.15) is 0 Å². The van der Waals surface area contributed by atoms with Gasteiger partial charge in [0, 0.05) is 31.4 Å². The number of piperidine rings is 1. The van der Waals surface area contributed by atoms with E-state index in [-0.39, 0.29) is 23.5 Å². The molecule has 0 radical (unpaired) electrons. The molecular weight excluding hydrogens is 419 g/mol. The van der Waals surface area contributed by atoms with Gasteiger partial charge in [0.2, 0.25) is 5.91 Å². The molecule has 1 aliphatic rings. The van der Waals surface area contributed by atoms with Gasteiger partial charge in [0.05, 0.1) is 11.3 Å². The normalized spacial score (nSPS) is 14.6. The predicted octanol–water partition coefficient (Wildman–Crippen LogP) is 4.00. The number of carbonyl (C=O) groups excluding carboxylic acids is 2. The number of hydrogen-bond acceptors (Lipinski definition) is 4. The molecule has 0 atom stereocenters. The maximum absolute atomic E-state index is 13.1. The van der Waals surface area contributed by atoms with Crippen molar-refractivity contribution in [3.05, 3.63) is 95.6 Å². The van der Waals surface area contributed by atoms with Crippen LogP contribution in [0.1, 0.15) is 34.3 Å². The van der Waals surface area contributed by atoms with Crippen molar-refractivity contribution in [3.8, 4) is 0 Å². The third-order valence-electron chi connectivity index (χ3n) is 5.88. The fraction of sp³-hybridized carbons (Fsp3) is 0.269. The summed E-state index contributed by atoms with van der Waals surface area (Å²) in [5, 5.41) is 5.84. The summed E-state index contributed by atoms with van der Waals surface area (Å²) in [5.74, 6) is -0.658. The van der Waals surface area contributed by atoms with Crippen LogP contribution in [0.3, 0.4) is 0 Å². The van der Waals surface area contributed by atoms with Crippen LogP contribution in [0.2, 0.25) is 0 Å². The average Bonchev–Trinajstić information content (AvgIpc) is 2.85. The van der Waals surface area contributed by atoms with E-state index in [1.165, 1.54) is 12.1 Å². The Morgan fingerprint density at radius 3 is 2.45 bits per heavy atom. The first kappa shape index (κ1) is 22.6. The first-order valence-corrected chi connectivity index (χ1v) is 11.1. The van der Waals surface area contributed by atoms with Crippen LogP contribution in [-0.2, 0) is 17.9 Å². The van der Waals surface area contributed by atoms with Gasteiger partial charge in [-0.15, -0.1) is 0 Å². The number of aromatic nitrogens is 1. The second-order valence-corrected chi connectivity index (χ2v) is 8.26. The lowest BCUT2D eigenvalue weighted by molar-refractivity contribution is -0.121. The molecule has 2 amide bonds. The monoisotopic (exact) mass is 446 g/mol. The summed E-state index contributed by atoms with van der Waals surface area (Å²) in [6.45, 7) is 2.70. The van der Waals surface area contributed by atoms with Gasteiger partial charge in [-0.05, 0) is 67.4 Å². The average molecular weight is 447 g/mol. The highest BCUT2D eigenvalue weighted by molar-refractivity contribution is 6.04. The molecule has 33 heavy (non-hydrogen) atoms. The number of benzene rings is 2. The molecular formula is C26H27FN4O2. The van der Waals surface area contributed by atoms with Crippen molar-refractivity contribution in [2.75, 3.05) is 18.4 Å². The van der Waals surface area contributed by atoms with Crippen molar-refractivity contribution < 1.29 is 14.0 Å². The third kappa shape index (κ3) is 6.23. The van der Waals surface area contributed by atoms with Gasteiger partial charge in [0.15, 0.2) is 0 Å². The summed E-state index contributed by atoms with van der Waals surface area (Å²) in [6, 6.07) is 17.3. The Morgan fingerprint density at radius 1 is 0.970 bits per heavy atom. The quantitative estimate of drug-likeness (QED) is 0.575. The SMILES string of the molecule is O=C(NCc1cccnc1)c1ccccc1NC(=O)C1CCN(Cc2ccc(F)cc2)CC1. The Bertz CT molecular complexity index is 1080. The number of para-hydroxylation sites is 1. The van der Waals surface area contributed by atoms with Gasteiger partial charge < -0.3 is 10.6 Å². The van der Waals surface area contributed by atoms with Crippen LogP contribution in [0.4, 0.5) is 10.1 Å². The maximum atomic E-state index is 13.1. The summed E-state index contributed by atoms with van der Waals surface area (Å²) >= 11 is 0. The highest BCUT2D eigenvalue weighted by Gasteiger charge is 2.26. The molecule has 0 bridgehead atoms. The van der Waals surface area contributed by atoms with E-state index in [9.17, 15) is 14.0 Å². The molecule has 4 rings (SSSR count). The van der Waals surface area contributed by atoms with Crippen molar-refractivity contribution in [1.82, 2.24) is 15.2 Å². The van der Waals surface area contributed by atoms with E-state index in [0.29, 0.717) is 17.8 Å². The molecule has 1 fully saturated rings. The van der Waals surface area contributed by atoms with Crippen LogP contribution >= 0.6 is 0 Å². The minimum absolute atomic E-state index is 0.0658. The summed E-state index contributed by atoms with van der Waals surface area (Å²) in [7, 11) is 0. The van der Waals surface area contributed by atoms with E-state index in [1.807, 2.05) is 12.1 Å². The molecule has 7 heteroatoms. The highest BCUT2D eigenvalue weighted by Crippen LogP contribution is 2.23. The van der Waals surface area contributed by atoms with E-state index < -0.39 is 0 Å². The first-order chi connectivity index (χ1) is 16.1. The lowest BCUT2D eigenvalue weighted by Crippen LogP contribution is -2.38. The Morgan fingerprint density at radius 2 is 1.73 bits per heavy atom. The van der Waals surface area contributed by atoms with Crippen LogP contribution in [0.25, 0.3) is 0 Å².